The minimum atomic E-state index is -0.589. The predicted molar refractivity (Wildman–Crippen MR) is 113 cm³/mol. The van der Waals surface area contributed by atoms with Crippen molar-refractivity contribution in [1.29, 1.82) is 0 Å². The first-order valence-corrected chi connectivity index (χ1v) is 9.35. The number of aromatic nitrogens is 5. The molecule has 5 rings (SSSR count). The lowest BCUT2D eigenvalue weighted by atomic mass is 10.0. The van der Waals surface area contributed by atoms with E-state index in [1.807, 2.05) is 48.1 Å². The zero-order valence-electron chi connectivity index (χ0n) is 16.2. The number of nitrogens with one attached hydrogen (secondary N) is 1. The van der Waals surface area contributed by atoms with Crippen LogP contribution in [0.5, 0.6) is 5.75 Å². The number of hydrogen-bond acceptors (Lipinski definition) is 5. The number of aryl methyl sites for hydroxylation is 1. The highest BCUT2D eigenvalue weighted by molar-refractivity contribution is 6.06. The highest BCUT2D eigenvalue weighted by atomic mass is 16.5. The maximum absolute atomic E-state index is 11.8. The molecule has 0 unspecified atom stereocenters. The molecule has 0 aliphatic heterocycles. The summed E-state index contributed by atoms with van der Waals surface area (Å²) >= 11 is 0. The molecule has 8 nitrogen and oxygen atoms in total. The van der Waals surface area contributed by atoms with Gasteiger partial charge in [0, 0.05) is 47.5 Å². The monoisotopic (exact) mass is 398 g/mol. The number of rotatable bonds is 5. The summed E-state index contributed by atoms with van der Waals surface area (Å²) < 4.78 is 8.03. The maximum Gasteiger partial charge on any atom is 0.267 e. The van der Waals surface area contributed by atoms with E-state index < -0.39 is 5.91 Å². The molecule has 30 heavy (non-hydrogen) atoms. The third kappa shape index (κ3) is 3.04. The van der Waals surface area contributed by atoms with Crippen LogP contribution in [0.4, 0.5) is 0 Å². The number of H-pyrrole nitrogens is 1. The summed E-state index contributed by atoms with van der Waals surface area (Å²) in [4.78, 5) is 20.1. The lowest BCUT2D eigenvalue weighted by Crippen LogP contribution is -2.13. The number of hydrogen-bond donors (Lipinski definition) is 2. The molecule has 8 heteroatoms. The molecule has 0 radical (unpaired) electrons. The second-order valence-corrected chi connectivity index (χ2v) is 7.03. The Labute approximate surface area is 171 Å². The number of nitrogens with two attached hydrogens (primary N) is 1. The Morgan fingerprint density at radius 1 is 1.13 bits per heavy atom. The first-order chi connectivity index (χ1) is 14.6. The number of nitrogens with zero attached hydrogens (tertiary/aromatic N) is 4. The number of amides is 1. The summed E-state index contributed by atoms with van der Waals surface area (Å²) in [5.41, 5.74) is 10.0. The van der Waals surface area contributed by atoms with Crippen molar-refractivity contribution in [3.8, 4) is 16.9 Å². The second kappa shape index (κ2) is 7.00. The van der Waals surface area contributed by atoms with Gasteiger partial charge in [-0.05, 0) is 47.5 Å². The van der Waals surface area contributed by atoms with E-state index in [9.17, 15) is 4.79 Å². The Bertz CT molecular complexity index is 1390. The average molecular weight is 398 g/mol. The van der Waals surface area contributed by atoms with Gasteiger partial charge in [-0.25, -0.2) is 4.98 Å². The van der Waals surface area contributed by atoms with E-state index in [-0.39, 0.29) is 5.69 Å². The van der Waals surface area contributed by atoms with Crippen LogP contribution in [0.2, 0.25) is 0 Å². The van der Waals surface area contributed by atoms with Gasteiger partial charge in [-0.2, -0.15) is 5.10 Å². The number of ether oxygens (including phenoxy) is 1. The number of carbonyl (C=O) groups is 1. The van der Waals surface area contributed by atoms with Crippen LogP contribution in [0.1, 0.15) is 16.1 Å². The number of pyridine rings is 2. The Kier molecular flexibility index (Phi) is 4.17. The third-order valence-electron chi connectivity index (χ3n) is 5.08. The smallest absolute Gasteiger partial charge is 0.267 e. The molecule has 5 aromatic rings. The summed E-state index contributed by atoms with van der Waals surface area (Å²) in [5.74, 6) is 0.161. The van der Waals surface area contributed by atoms with Crippen molar-refractivity contribution in [2.75, 3.05) is 0 Å². The lowest BCUT2D eigenvalue weighted by Gasteiger charge is -2.08. The number of primary amides is 1. The summed E-state index contributed by atoms with van der Waals surface area (Å²) in [6.07, 6.45) is 7.20. The summed E-state index contributed by atoms with van der Waals surface area (Å²) in [6, 6.07) is 11.5. The minimum Gasteiger partial charge on any atom is -0.489 e. The van der Waals surface area contributed by atoms with Gasteiger partial charge in [-0.3, -0.25) is 14.9 Å². The van der Waals surface area contributed by atoms with Crippen LogP contribution in [0.15, 0.2) is 61.2 Å². The van der Waals surface area contributed by atoms with Crippen molar-refractivity contribution in [2.45, 2.75) is 6.61 Å². The molecule has 0 bridgehead atoms. The van der Waals surface area contributed by atoms with E-state index in [4.69, 9.17) is 10.5 Å². The molecule has 3 N–H and O–H groups in total. The first-order valence-electron chi connectivity index (χ1n) is 9.35. The molecule has 4 heterocycles. The molecule has 0 saturated heterocycles. The van der Waals surface area contributed by atoms with Crippen molar-refractivity contribution < 1.29 is 9.53 Å². The molecule has 148 valence electrons. The predicted octanol–water partition coefficient (Wildman–Crippen LogP) is 3.19. The Morgan fingerprint density at radius 3 is 2.77 bits per heavy atom. The van der Waals surface area contributed by atoms with Crippen LogP contribution in [0.3, 0.4) is 0 Å². The van der Waals surface area contributed by atoms with Crippen LogP contribution in [-0.2, 0) is 13.7 Å². The second-order valence-electron chi connectivity index (χ2n) is 7.03. The lowest BCUT2D eigenvalue weighted by molar-refractivity contribution is 0.0996. The van der Waals surface area contributed by atoms with Crippen LogP contribution < -0.4 is 10.5 Å². The first kappa shape index (κ1) is 17.9. The zero-order valence-corrected chi connectivity index (χ0v) is 16.2. The highest BCUT2D eigenvalue weighted by Gasteiger charge is 2.17. The van der Waals surface area contributed by atoms with E-state index in [2.05, 4.69) is 20.2 Å². The molecular formula is C22H18N6O2. The maximum atomic E-state index is 11.8. The average Bonchev–Trinajstić information content (AvgIpc) is 3.36. The van der Waals surface area contributed by atoms with Crippen molar-refractivity contribution >= 4 is 27.8 Å². The van der Waals surface area contributed by atoms with Crippen LogP contribution in [-0.4, -0.2) is 30.6 Å². The fourth-order valence-corrected chi connectivity index (χ4v) is 3.60. The van der Waals surface area contributed by atoms with Crippen LogP contribution in [0.25, 0.3) is 33.1 Å². The van der Waals surface area contributed by atoms with Gasteiger partial charge in [0.05, 0.1) is 6.20 Å². The van der Waals surface area contributed by atoms with E-state index in [0.29, 0.717) is 12.3 Å². The number of carbonyl (C=O) groups excluding carboxylic acids is 1. The van der Waals surface area contributed by atoms with Crippen molar-refractivity contribution in [1.82, 2.24) is 24.7 Å². The van der Waals surface area contributed by atoms with Crippen molar-refractivity contribution in [3.05, 3.63) is 72.4 Å². The minimum absolute atomic E-state index is 0.184. The zero-order chi connectivity index (χ0) is 20.7. The van der Waals surface area contributed by atoms with Gasteiger partial charge in [-0.1, -0.05) is 0 Å². The van der Waals surface area contributed by atoms with Gasteiger partial charge in [0.25, 0.3) is 5.91 Å². The number of aromatic amines is 1. The van der Waals surface area contributed by atoms with Gasteiger partial charge in [0.1, 0.15) is 18.1 Å². The molecule has 4 aromatic heterocycles. The number of fused-ring (bicyclic) bond motifs is 2. The van der Waals surface area contributed by atoms with E-state index in [1.54, 1.807) is 24.7 Å². The van der Waals surface area contributed by atoms with Crippen molar-refractivity contribution in [2.24, 2.45) is 12.8 Å². The standard InChI is InChI=1S/C22H18N6O2/c1-28-11-18(15-9-19(21(23)29)26-22-17(15)10-25-27-22)16-8-14(2-3-20(16)28)30-12-13-4-6-24-7-5-13/h2-11H,12H2,1H3,(H2,23,29)(H,25,26,27). The molecule has 0 saturated carbocycles. The Hall–Kier alpha value is -4.20. The molecule has 1 amide bonds. The Balaban J connectivity index is 1.62. The van der Waals surface area contributed by atoms with Gasteiger partial charge in [0.15, 0.2) is 5.65 Å². The molecule has 0 spiro atoms. The van der Waals surface area contributed by atoms with E-state index in [0.717, 1.165) is 38.7 Å². The summed E-state index contributed by atoms with van der Waals surface area (Å²) in [5, 5.41) is 8.71. The Morgan fingerprint density at radius 2 is 1.97 bits per heavy atom. The van der Waals surface area contributed by atoms with Crippen molar-refractivity contribution in [3.63, 3.8) is 0 Å². The van der Waals surface area contributed by atoms with Crippen LogP contribution in [0, 0.1) is 0 Å². The van der Waals surface area contributed by atoms with Gasteiger partial charge in [-0.15, -0.1) is 0 Å². The normalized spacial score (nSPS) is 11.2. The number of benzene rings is 1. The molecular weight excluding hydrogens is 380 g/mol. The van der Waals surface area contributed by atoms with E-state index >= 15 is 0 Å². The van der Waals surface area contributed by atoms with E-state index in [1.165, 1.54) is 0 Å². The topological polar surface area (TPSA) is 112 Å². The molecule has 1 aromatic carbocycles. The molecule has 0 aliphatic rings. The molecule has 0 aliphatic carbocycles. The highest BCUT2D eigenvalue weighted by Crippen LogP contribution is 2.36. The quantitative estimate of drug-likeness (QED) is 0.472. The van der Waals surface area contributed by atoms with Gasteiger partial charge < -0.3 is 15.0 Å². The van der Waals surface area contributed by atoms with Gasteiger partial charge in [0.2, 0.25) is 0 Å². The van der Waals surface area contributed by atoms with Crippen LogP contribution >= 0.6 is 0 Å². The van der Waals surface area contributed by atoms with Gasteiger partial charge >= 0.3 is 0 Å². The fraction of sp³-hybridized carbons (Fsp3) is 0.0909. The third-order valence-corrected chi connectivity index (χ3v) is 5.08. The fourth-order valence-electron chi connectivity index (χ4n) is 3.60. The summed E-state index contributed by atoms with van der Waals surface area (Å²) in [7, 11) is 1.98. The SMILES string of the molecule is Cn1cc(-c2cc(C(N)=O)nc3[nH]ncc23)c2cc(OCc3ccncc3)ccc21. The largest absolute Gasteiger partial charge is 0.489 e. The summed E-state index contributed by atoms with van der Waals surface area (Å²) in [6.45, 7) is 0.448. The molecule has 0 atom stereocenters. The molecule has 0 fully saturated rings.